The first-order valence-electron chi connectivity index (χ1n) is 7.25. The zero-order chi connectivity index (χ0) is 15.0. The summed E-state index contributed by atoms with van der Waals surface area (Å²) < 4.78 is 1.81. The van der Waals surface area contributed by atoms with Crippen LogP contribution in [0.5, 0.6) is 0 Å². The summed E-state index contributed by atoms with van der Waals surface area (Å²) in [5, 5.41) is 19.6. The molecule has 0 saturated carbocycles. The number of hydrogen-bond acceptors (Lipinski definition) is 4. The van der Waals surface area contributed by atoms with E-state index >= 15 is 0 Å². The molecule has 5 heteroatoms. The van der Waals surface area contributed by atoms with Gasteiger partial charge >= 0.3 is 0 Å². The Bertz CT molecular complexity index is 790. The second-order valence-electron chi connectivity index (χ2n) is 5.34. The fourth-order valence-corrected chi connectivity index (χ4v) is 2.73. The number of nitrogens with zero attached hydrogens (tertiary/aromatic N) is 3. The molecule has 0 aliphatic heterocycles. The van der Waals surface area contributed by atoms with Gasteiger partial charge in [-0.15, -0.1) is 0 Å². The summed E-state index contributed by atoms with van der Waals surface area (Å²) in [4.78, 5) is 4.72. The van der Waals surface area contributed by atoms with E-state index in [4.69, 9.17) is 4.98 Å². The molecule has 0 unspecified atom stereocenters. The van der Waals surface area contributed by atoms with E-state index in [9.17, 15) is 5.11 Å². The smallest absolute Gasteiger partial charge is 0.160 e. The van der Waals surface area contributed by atoms with Crippen LogP contribution in [0.1, 0.15) is 19.0 Å². The number of rotatable bonds is 4. The summed E-state index contributed by atoms with van der Waals surface area (Å²) in [5.41, 5.74) is 3.76. The number of anilines is 1. The Morgan fingerprint density at radius 3 is 2.81 bits per heavy atom. The molecule has 0 aliphatic carbocycles. The molecule has 0 saturated heterocycles. The Kier molecular flexibility index (Phi) is 3.51. The summed E-state index contributed by atoms with van der Waals surface area (Å²) in [6, 6.07) is 8.08. The molecule has 2 N–H and O–H groups in total. The lowest BCUT2D eigenvalue weighted by molar-refractivity contribution is 0.272. The number of aryl methyl sites for hydroxylation is 2. The first-order valence-corrected chi connectivity index (χ1v) is 7.25. The topological polar surface area (TPSA) is 63.0 Å². The van der Waals surface area contributed by atoms with Crippen LogP contribution in [-0.4, -0.2) is 32.5 Å². The van der Waals surface area contributed by atoms with E-state index in [-0.39, 0.29) is 12.6 Å². The molecule has 5 nitrogen and oxygen atoms in total. The van der Waals surface area contributed by atoms with E-state index < -0.39 is 0 Å². The first kappa shape index (κ1) is 13.8. The minimum atomic E-state index is 0.0265. The molecule has 2 heterocycles. The standard InChI is InChI=1S/C16H20N4O/c1-4-11(9-21)17-15-12-7-5-6-8-13(12)18-16-14(15)10(2)19-20(16)3/h5-8,11,21H,4,9H2,1-3H3,(H,17,18)/t11-/m0/s1. The summed E-state index contributed by atoms with van der Waals surface area (Å²) >= 11 is 0. The first-order chi connectivity index (χ1) is 10.2. The summed E-state index contributed by atoms with van der Waals surface area (Å²) in [5.74, 6) is 0. The van der Waals surface area contributed by atoms with Crippen molar-refractivity contribution in [1.29, 1.82) is 0 Å². The Labute approximate surface area is 123 Å². The number of hydrogen-bond donors (Lipinski definition) is 2. The third-order valence-corrected chi connectivity index (χ3v) is 3.90. The van der Waals surface area contributed by atoms with Crippen molar-refractivity contribution in [3.05, 3.63) is 30.0 Å². The normalized spacial score (nSPS) is 13.0. The Hall–Kier alpha value is -2.14. The number of aliphatic hydroxyl groups is 1. The van der Waals surface area contributed by atoms with Gasteiger partial charge in [0.05, 0.1) is 28.9 Å². The highest BCUT2D eigenvalue weighted by atomic mass is 16.3. The lowest BCUT2D eigenvalue weighted by atomic mass is 10.1. The van der Waals surface area contributed by atoms with Gasteiger partial charge in [-0.3, -0.25) is 4.68 Å². The van der Waals surface area contributed by atoms with Gasteiger partial charge in [-0.25, -0.2) is 4.98 Å². The van der Waals surface area contributed by atoms with Gasteiger partial charge in [0.1, 0.15) is 0 Å². The van der Waals surface area contributed by atoms with Crippen molar-refractivity contribution in [3.63, 3.8) is 0 Å². The van der Waals surface area contributed by atoms with Crippen molar-refractivity contribution in [3.8, 4) is 0 Å². The average Bonchev–Trinajstić information content (AvgIpc) is 2.78. The Morgan fingerprint density at radius 1 is 1.33 bits per heavy atom. The second-order valence-corrected chi connectivity index (χ2v) is 5.34. The minimum absolute atomic E-state index is 0.0265. The molecule has 0 fully saturated rings. The lowest BCUT2D eigenvalue weighted by Crippen LogP contribution is -2.23. The largest absolute Gasteiger partial charge is 0.394 e. The lowest BCUT2D eigenvalue weighted by Gasteiger charge is -2.18. The molecule has 0 aliphatic rings. The average molecular weight is 284 g/mol. The third-order valence-electron chi connectivity index (χ3n) is 3.90. The van der Waals surface area contributed by atoms with Crippen molar-refractivity contribution < 1.29 is 5.11 Å². The summed E-state index contributed by atoms with van der Waals surface area (Å²) in [6.45, 7) is 4.16. The fraction of sp³-hybridized carbons (Fsp3) is 0.375. The van der Waals surface area contributed by atoms with Gasteiger partial charge in [0.2, 0.25) is 0 Å². The zero-order valence-electron chi connectivity index (χ0n) is 12.6. The molecule has 21 heavy (non-hydrogen) atoms. The molecule has 0 spiro atoms. The molecule has 1 atom stereocenters. The Morgan fingerprint density at radius 2 is 2.10 bits per heavy atom. The van der Waals surface area contributed by atoms with Crippen molar-refractivity contribution in [2.75, 3.05) is 11.9 Å². The number of benzene rings is 1. The van der Waals surface area contributed by atoms with Gasteiger partial charge in [-0.1, -0.05) is 25.1 Å². The van der Waals surface area contributed by atoms with Crippen LogP contribution in [0.2, 0.25) is 0 Å². The van der Waals surface area contributed by atoms with Gasteiger partial charge in [0.25, 0.3) is 0 Å². The van der Waals surface area contributed by atoms with Crippen molar-refractivity contribution >= 4 is 27.6 Å². The van der Waals surface area contributed by atoms with E-state index in [0.717, 1.165) is 39.7 Å². The summed E-state index contributed by atoms with van der Waals surface area (Å²) in [7, 11) is 1.91. The summed E-state index contributed by atoms with van der Waals surface area (Å²) in [6.07, 6.45) is 0.855. The maximum atomic E-state index is 9.51. The zero-order valence-corrected chi connectivity index (χ0v) is 12.6. The Balaban J connectivity index is 2.34. The van der Waals surface area contributed by atoms with Gasteiger partial charge in [-0.2, -0.15) is 5.10 Å². The van der Waals surface area contributed by atoms with Gasteiger partial charge in [0, 0.05) is 18.5 Å². The quantitative estimate of drug-likeness (QED) is 0.773. The van der Waals surface area contributed by atoms with Crippen LogP contribution >= 0.6 is 0 Å². The molecule has 110 valence electrons. The van der Waals surface area contributed by atoms with Crippen LogP contribution in [0.3, 0.4) is 0 Å². The number of fused-ring (bicyclic) bond motifs is 2. The van der Waals surface area contributed by atoms with Crippen molar-refractivity contribution in [2.45, 2.75) is 26.3 Å². The number of aromatic nitrogens is 3. The van der Waals surface area contributed by atoms with E-state index in [2.05, 4.69) is 23.4 Å². The van der Waals surface area contributed by atoms with Crippen LogP contribution in [0.25, 0.3) is 21.9 Å². The van der Waals surface area contributed by atoms with E-state index in [1.807, 2.05) is 36.9 Å². The fourth-order valence-electron chi connectivity index (χ4n) is 2.73. The maximum Gasteiger partial charge on any atom is 0.160 e. The SMILES string of the molecule is CC[C@@H](CO)Nc1c2ccccc2nc2c1c(C)nn2C. The number of para-hydroxylation sites is 1. The number of nitrogens with one attached hydrogen (secondary N) is 1. The molecular weight excluding hydrogens is 264 g/mol. The molecule has 0 amide bonds. The van der Waals surface area contributed by atoms with E-state index in [1.165, 1.54) is 0 Å². The van der Waals surface area contributed by atoms with Gasteiger partial charge in [-0.05, 0) is 19.4 Å². The van der Waals surface area contributed by atoms with E-state index in [1.54, 1.807) is 0 Å². The minimum Gasteiger partial charge on any atom is -0.394 e. The highest BCUT2D eigenvalue weighted by Gasteiger charge is 2.17. The highest BCUT2D eigenvalue weighted by molar-refractivity contribution is 6.07. The molecule has 0 radical (unpaired) electrons. The second kappa shape index (κ2) is 5.33. The van der Waals surface area contributed by atoms with Crippen LogP contribution in [0.4, 0.5) is 5.69 Å². The van der Waals surface area contributed by atoms with Gasteiger partial charge < -0.3 is 10.4 Å². The molecular formula is C16H20N4O. The monoisotopic (exact) mass is 284 g/mol. The molecule has 1 aromatic carbocycles. The van der Waals surface area contributed by atoms with Crippen LogP contribution < -0.4 is 5.32 Å². The van der Waals surface area contributed by atoms with Gasteiger partial charge in [0.15, 0.2) is 5.65 Å². The maximum absolute atomic E-state index is 9.51. The number of aliphatic hydroxyl groups excluding tert-OH is 1. The third kappa shape index (κ3) is 2.23. The van der Waals surface area contributed by atoms with Crippen LogP contribution in [0.15, 0.2) is 24.3 Å². The number of pyridine rings is 1. The van der Waals surface area contributed by atoms with Crippen molar-refractivity contribution in [2.24, 2.45) is 7.05 Å². The van der Waals surface area contributed by atoms with Crippen LogP contribution in [0, 0.1) is 6.92 Å². The highest BCUT2D eigenvalue weighted by Crippen LogP contribution is 2.33. The predicted octanol–water partition coefficient (Wildman–Crippen LogP) is 2.61. The van der Waals surface area contributed by atoms with Crippen molar-refractivity contribution in [1.82, 2.24) is 14.8 Å². The molecule has 2 aromatic heterocycles. The molecule has 3 rings (SSSR count). The molecule has 3 aromatic rings. The predicted molar refractivity (Wildman–Crippen MR) is 85.5 cm³/mol. The van der Waals surface area contributed by atoms with E-state index in [0.29, 0.717) is 0 Å². The molecule has 0 bridgehead atoms. The van der Waals surface area contributed by atoms with Crippen LogP contribution in [-0.2, 0) is 7.05 Å².